The molecule has 0 amide bonds. The molecule has 0 fully saturated rings. The summed E-state index contributed by atoms with van der Waals surface area (Å²) in [7, 11) is 1.27. The first kappa shape index (κ1) is 9.51. The van der Waals surface area contributed by atoms with Crippen molar-refractivity contribution in [2.75, 3.05) is 7.11 Å². The number of ether oxygens (including phenoxy) is 2. The van der Waals surface area contributed by atoms with E-state index in [0.29, 0.717) is 11.1 Å². The smallest absolute Gasteiger partial charge is 0.339 e. The quantitative estimate of drug-likeness (QED) is 0.447. The summed E-state index contributed by atoms with van der Waals surface area (Å²) in [5.41, 5.74) is 1.20. The summed E-state index contributed by atoms with van der Waals surface area (Å²) in [6.07, 6.45) is 1.16. The van der Waals surface area contributed by atoms with Gasteiger partial charge in [-0.05, 0) is 13.8 Å². The average Bonchev–Trinajstić information content (AvgIpc) is 2.34. The molecule has 0 saturated heterocycles. The fourth-order valence-corrected chi connectivity index (χ4v) is 0.895. The van der Waals surface area contributed by atoms with E-state index in [1.807, 2.05) is 0 Å². The molecule has 4 nitrogen and oxygen atoms in total. The molecular formula is C9H10O4. The van der Waals surface area contributed by atoms with Gasteiger partial charge in [0.25, 0.3) is 0 Å². The molecule has 4 heteroatoms. The molecule has 0 spiro atoms. The minimum atomic E-state index is -0.531. The number of hydrogen-bond donors (Lipinski definition) is 0. The fourth-order valence-electron chi connectivity index (χ4n) is 0.895. The minimum absolute atomic E-state index is 0.273. The van der Waals surface area contributed by atoms with Crippen LogP contribution in [0.4, 0.5) is 0 Å². The van der Waals surface area contributed by atoms with Crippen LogP contribution in [0.1, 0.15) is 13.8 Å². The Morgan fingerprint density at radius 1 is 1.38 bits per heavy atom. The predicted molar refractivity (Wildman–Crippen MR) is 44.6 cm³/mol. The first-order valence-electron chi connectivity index (χ1n) is 3.76. The van der Waals surface area contributed by atoms with Gasteiger partial charge in [-0.2, -0.15) is 0 Å². The highest BCUT2D eigenvalue weighted by Gasteiger charge is 2.23. The third-order valence-electron chi connectivity index (χ3n) is 1.89. The monoisotopic (exact) mass is 182 g/mol. The second kappa shape index (κ2) is 3.43. The van der Waals surface area contributed by atoms with Crippen LogP contribution in [-0.4, -0.2) is 19.0 Å². The number of carbonyl (C=O) groups is 2. The zero-order valence-corrected chi connectivity index (χ0v) is 7.71. The van der Waals surface area contributed by atoms with Crippen molar-refractivity contribution in [3.05, 3.63) is 23.0 Å². The number of allylic oxidation sites excluding steroid dienone is 1. The summed E-state index contributed by atoms with van der Waals surface area (Å²) in [5, 5.41) is 0. The molecule has 0 bridgehead atoms. The zero-order valence-electron chi connectivity index (χ0n) is 7.71. The van der Waals surface area contributed by atoms with Crippen molar-refractivity contribution in [2.24, 2.45) is 0 Å². The van der Waals surface area contributed by atoms with Gasteiger partial charge in [0.2, 0.25) is 0 Å². The summed E-state index contributed by atoms with van der Waals surface area (Å²) >= 11 is 0. The first-order valence-corrected chi connectivity index (χ1v) is 3.76. The van der Waals surface area contributed by atoms with Gasteiger partial charge in [-0.25, -0.2) is 9.59 Å². The second-order valence-electron chi connectivity index (χ2n) is 2.67. The summed E-state index contributed by atoms with van der Waals surface area (Å²) in [6, 6.07) is 0. The second-order valence-corrected chi connectivity index (χ2v) is 2.67. The van der Waals surface area contributed by atoms with Crippen LogP contribution in [0.2, 0.25) is 0 Å². The molecule has 0 aromatic rings. The molecule has 1 rings (SSSR count). The topological polar surface area (TPSA) is 52.6 Å². The Bertz CT molecular complexity index is 323. The maximum absolute atomic E-state index is 11.0. The molecule has 0 aliphatic carbocycles. The largest absolute Gasteiger partial charge is 0.466 e. The highest BCUT2D eigenvalue weighted by Crippen LogP contribution is 2.24. The van der Waals surface area contributed by atoms with Crippen LogP contribution < -0.4 is 0 Å². The van der Waals surface area contributed by atoms with Gasteiger partial charge in [0, 0.05) is 11.1 Å². The molecule has 0 aromatic heterocycles. The van der Waals surface area contributed by atoms with Crippen LogP contribution in [0.5, 0.6) is 0 Å². The molecule has 1 aliphatic rings. The molecule has 1 heterocycles. The first-order chi connectivity index (χ1) is 6.06. The van der Waals surface area contributed by atoms with E-state index in [0.717, 1.165) is 6.08 Å². The lowest BCUT2D eigenvalue weighted by atomic mass is 10.1. The van der Waals surface area contributed by atoms with Crippen molar-refractivity contribution >= 4 is 11.9 Å². The molecule has 0 unspecified atom stereocenters. The van der Waals surface area contributed by atoms with Gasteiger partial charge in [0.15, 0.2) is 0 Å². The van der Waals surface area contributed by atoms with Crippen LogP contribution in [-0.2, 0) is 19.1 Å². The fraction of sp³-hybridized carbons (Fsp3) is 0.333. The highest BCUT2D eigenvalue weighted by molar-refractivity contribution is 5.95. The van der Waals surface area contributed by atoms with Crippen molar-refractivity contribution in [1.82, 2.24) is 0 Å². The van der Waals surface area contributed by atoms with Gasteiger partial charge >= 0.3 is 11.9 Å². The van der Waals surface area contributed by atoms with Gasteiger partial charge in [-0.1, -0.05) is 0 Å². The standard InChI is InChI=1S/C9H10O4/c1-5-6(2)9(11)13-7(5)4-8(10)12-3/h4H,1-3H3/b7-4+. The van der Waals surface area contributed by atoms with E-state index in [1.54, 1.807) is 13.8 Å². The van der Waals surface area contributed by atoms with Crippen LogP contribution in [0.3, 0.4) is 0 Å². The average molecular weight is 182 g/mol. The predicted octanol–water partition coefficient (Wildman–Crippen LogP) is 0.936. The van der Waals surface area contributed by atoms with E-state index in [4.69, 9.17) is 4.74 Å². The normalized spacial score (nSPS) is 19.3. The number of esters is 2. The number of methoxy groups -OCH3 is 1. The molecule has 0 saturated carbocycles. The SMILES string of the molecule is COC(=O)/C=C1/OC(=O)C(C)=C1C. The number of rotatable bonds is 1. The van der Waals surface area contributed by atoms with E-state index in [1.165, 1.54) is 7.11 Å². The maximum Gasteiger partial charge on any atom is 0.339 e. The van der Waals surface area contributed by atoms with Crippen molar-refractivity contribution in [3.8, 4) is 0 Å². The van der Waals surface area contributed by atoms with Crippen LogP contribution in [0.15, 0.2) is 23.0 Å². The lowest BCUT2D eigenvalue weighted by Crippen LogP contribution is -1.99. The molecular weight excluding hydrogens is 172 g/mol. The molecule has 0 radical (unpaired) electrons. The summed E-state index contributed by atoms with van der Waals surface area (Å²) in [5.74, 6) is -0.668. The third-order valence-corrected chi connectivity index (χ3v) is 1.89. The van der Waals surface area contributed by atoms with Crippen molar-refractivity contribution in [1.29, 1.82) is 0 Å². The van der Waals surface area contributed by atoms with E-state index in [-0.39, 0.29) is 5.76 Å². The third kappa shape index (κ3) is 1.77. The Balaban J connectivity index is 2.94. The Hall–Kier alpha value is -1.58. The van der Waals surface area contributed by atoms with Crippen molar-refractivity contribution < 1.29 is 19.1 Å². The number of hydrogen-bond acceptors (Lipinski definition) is 4. The molecule has 1 aliphatic heterocycles. The Labute approximate surface area is 75.8 Å². The molecule has 0 atom stereocenters. The molecule has 70 valence electrons. The van der Waals surface area contributed by atoms with E-state index in [9.17, 15) is 9.59 Å². The Morgan fingerprint density at radius 3 is 2.38 bits per heavy atom. The van der Waals surface area contributed by atoms with E-state index < -0.39 is 11.9 Å². The van der Waals surface area contributed by atoms with Crippen LogP contribution in [0, 0.1) is 0 Å². The van der Waals surface area contributed by atoms with E-state index >= 15 is 0 Å². The van der Waals surface area contributed by atoms with Crippen LogP contribution >= 0.6 is 0 Å². The van der Waals surface area contributed by atoms with Gasteiger partial charge in [-0.15, -0.1) is 0 Å². The summed E-state index contributed by atoms with van der Waals surface area (Å²) in [6.45, 7) is 3.37. The van der Waals surface area contributed by atoms with Crippen molar-refractivity contribution in [3.63, 3.8) is 0 Å². The minimum Gasteiger partial charge on any atom is -0.466 e. The highest BCUT2D eigenvalue weighted by atomic mass is 16.5. The summed E-state index contributed by atoms with van der Waals surface area (Å²) in [4.78, 5) is 21.8. The lowest BCUT2D eigenvalue weighted by Gasteiger charge is -1.97. The Morgan fingerprint density at radius 2 is 2.00 bits per heavy atom. The summed E-state index contributed by atoms with van der Waals surface area (Å²) < 4.78 is 9.21. The van der Waals surface area contributed by atoms with Gasteiger partial charge in [0.05, 0.1) is 13.2 Å². The van der Waals surface area contributed by atoms with E-state index in [2.05, 4.69) is 4.74 Å². The zero-order chi connectivity index (χ0) is 10.0. The molecule has 13 heavy (non-hydrogen) atoms. The van der Waals surface area contributed by atoms with Gasteiger partial charge in [-0.3, -0.25) is 0 Å². The van der Waals surface area contributed by atoms with Crippen molar-refractivity contribution in [2.45, 2.75) is 13.8 Å². The van der Waals surface area contributed by atoms with Crippen LogP contribution in [0.25, 0.3) is 0 Å². The lowest BCUT2D eigenvalue weighted by molar-refractivity contribution is -0.135. The number of cyclic esters (lactones) is 1. The molecule has 0 N–H and O–H groups in total. The Kier molecular flexibility index (Phi) is 2.51. The van der Waals surface area contributed by atoms with Gasteiger partial charge in [0.1, 0.15) is 5.76 Å². The van der Waals surface area contributed by atoms with Gasteiger partial charge < -0.3 is 9.47 Å². The number of carbonyl (C=O) groups excluding carboxylic acids is 2. The molecule has 0 aromatic carbocycles. The maximum atomic E-state index is 11.0.